The average Bonchev–Trinajstić information content (AvgIpc) is 3.31. The fourth-order valence-electron chi connectivity index (χ4n) is 4.04. The van der Waals surface area contributed by atoms with Crippen molar-refractivity contribution in [3.05, 3.63) is 41.2 Å². The quantitative estimate of drug-likeness (QED) is 0.447. The largest absolute Gasteiger partial charge is 0.390 e. The lowest BCUT2D eigenvalue weighted by molar-refractivity contribution is -0.114. The van der Waals surface area contributed by atoms with Gasteiger partial charge in [-0.1, -0.05) is 11.6 Å². The Morgan fingerprint density at radius 2 is 2.16 bits per heavy atom. The standard InChI is InChI=1S/C20H19ClFN7O2/c1-9(28-5-11(31)6-28)16-19(22)18(21)17(12-3-24-27-20(12)16)13-7-29-8-14(25-10(2)30)26-15(29)4-23-13/h3-4,7-9,11,31H,5-6H2,1-2H3,(H,24,27)(H,25,30). The van der Waals surface area contributed by atoms with Gasteiger partial charge in [0.05, 0.1) is 40.9 Å². The van der Waals surface area contributed by atoms with Crippen LogP contribution in [0.15, 0.2) is 24.8 Å². The summed E-state index contributed by atoms with van der Waals surface area (Å²) in [6, 6.07) is -0.290. The summed E-state index contributed by atoms with van der Waals surface area (Å²) >= 11 is 6.53. The third-order valence-corrected chi connectivity index (χ3v) is 5.94. The minimum Gasteiger partial charge on any atom is -0.390 e. The van der Waals surface area contributed by atoms with E-state index < -0.39 is 11.9 Å². The maximum atomic E-state index is 15.5. The third kappa shape index (κ3) is 3.23. The Kier molecular flexibility index (Phi) is 4.65. The van der Waals surface area contributed by atoms with Gasteiger partial charge in [0, 0.05) is 48.8 Å². The van der Waals surface area contributed by atoms with Crippen LogP contribution in [0.5, 0.6) is 0 Å². The number of halogens is 2. The Balaban J connectivity index is 1.64. The summed E-state index contributed by atoms with van der Waals surface area (Å²) in [6.07, 6.45) is 6.05. The summed E-state index contributed by atoms with van der Waals surface area (Å²) in [6.45, 7) is 4.23. The number of hydrogen-bond acceptors (Lipinski definition) is 6. The Morgan fingerprint density at radius 1 is 1.39 bits per heavy atom. The number of likely N-dealkylation sites (tertiary alicyclic amines) is 1. The lowest BCUT2D eigenvalue weighted by Gasteiger charge is -2.40. The molecule has 1 saturated heterocycles. The van der Waals surface area contributed by atoms with Crippen molar-refractivity contribution in [2.75, 3.05) is 18.4 Å². The molecule has 3 aromatic heterocycles. The molecule has 3 N–H and O–H groups in total. The van der Waals surface area contributed by atoms with Gasteiger partial charge in [-0.25, -0.2) is 9.37 Å². The smallest absolute Gasteiger partial charge is 0.222 e. The van der Waals surface area contributed by atoms with Crippen molar-refractivity contribution in [2.45, 2.75) is 26.0 Å². The number of nitrogens with one attached hydrogen (secondary N) is 2. The number of anilines is 1. The minimum atomic E-state index is -0.547. The first-order valence-corrected chi connectivity index (χ1v) is 10.1. The fraction of sp³-hybridized carbons (Fsp3) is 0.300. The van der Waals surface area contributed by atoms with E-state index in [0.29, 0.717) is 52.3 Å². The fourth-order valence-corrected chi connectivity index (χ4v) is 4.34. The van der Waals surface area contributed by atoms with Gasteiger partial charge in [0.15, 0.2) is 11.5 Å². The third-order valence-electron chi connectivity index (χ3n) is 5.58. The molecule has 1 aliphatic heterocycles. The highest BCUT2D eigenvalue weighted by atomic mass is 35.5. The van der Waals surface area contributed by atoms with Crippen LogP contribution >= 0.6 is 11.6 Å². The van der Waals surface area contributed by atoms with Crippen LogP contribution in [-0.2, 0) is 4.79 Å². The molecule has 1 atom stereocenters. The number of aliphatic hydroxyl groups excluding tert-OH is 1. The number of carbonyl (C=O) groups is 1. The number of fused-ring (bicyclic) bond motifs is 2. The van der Waals surface area contributed by atoms with Crippen LogP contribution in [0, 0.1) is 5.82 Å². The van der Waals surface area contributed by atoms with E-state index in [-0.39, 0.29) is 17.0 Å². The predicted octanol–water partition coefficient (Wildman–Crippen LogP) is 2.76. The van der Waals surface area contributed by atoms with Crippen LogP contribution < -0.4 is 5.32 Å². The van der Waals surface area contributed by atoms with Gasteiger partial charge < -0.3 is 14.8 Å². The molecular formula is C20H19ClFN7O2. The highest BCUT2D eigenvalue weighted by molar-refractivity contribution is 6.35. The van der Waals surface area contributed by atoms with Crippen molar-refractivity contribution in [1.29, 1.82) is 0 Å². The first kappa shape index (κ1) is 19.9. The van der Waals surface area contributed by atoms with Crippen LogP contribution in [0.1, 0.15) is 25.5 Å². The van der Waals surface area contributed by atoms with E-state index in [1.807, 2.05) is 11.8 Å². The van der Waals surface area contributed by atoms with E-state index in [2.05, 4.69) is 25.5 Å². The molecule has 0 aliphatic carbocycles. The highest BCUT2D eigenvalue weighted by Crippen LogP contribution is 2.42. The number of carbonyl (C=O) groups excluding carboxylic acids is 1. The predicted molar refractivity (Wildman–Crippen MR) is 113 cm³/mol. The molecule has 0 bridgehead atoms. The number of aliphatic hydroxyl groups is 1. The van der Waals surface area contributed by atoms with Crippen molar-refractivity contribution >= 4 is 39.9 Å². The summed E-state index contributed by atoms with van der Waals surface area (Å²) in [4.78, 5) is 22.0. The van der Waals surface area contributed by atoms with E-state index in [0.717, 1.165) is 0 Å². The zero-order chi connectivity index (χ0) is 21.9. The Hall–Kier alpha value is -3.08. The van der Waals surface area contributed by atoms with Gasteiger partial charge in [-0.2, -0.15) is 5.10 Å². The molecule has 1 aliphatic rings. The first-order chi connectivity index (χ1) is 14.8. The van der Waals surface area contributed by atoms with E-state index >= 15 is 4.39 Å². The number of aromatic nitrogens is 5. The molecule has 0 spiro atoms. The molecule has 160 valence electrons. The number of β-amino-alcohol motifs (C(OH)–C–C–N with tert-alkyl or cyclic N) is 1. The van der Waals surface area contributed by atoms with E-state index in [9.17, 15) is 9.90 Å². The maximum absolute atomic E-state index is 15.5. The molecule has 4 heterocycles. The topological polar surface area (TPSA) is 111 Å². The SMILES string of the molecule is CC(=O)Nc1cn2cc(-c3c(Cl)c(F)c(C(C)N4CC(O)C4)c4[nH]ncc34)ncc2n1. The van der Waals surface area contributed by atoms with Crippen molar-refractivity contribution in [3.8, 4) is 11.3 Å². The monoisotopic (exact) mass is 443 g/mol. The van der Waals surface area contributed by atoms with Gasteiger partial charge in [0.25, 0.3) is 0 Å². The van der Waals surface area contributed by atoms with Gasteiger partial charge >= 0.3 is 0 Å². The van der Waals surface area contributed by atoms with Gasteiger partial charge in [0.1, 0.15) is 5.82 Å². The summed E-state index contributed by atoms with van der Waals surface area (Å²) in [5.41, 5.74) is 2.32. The molecule has 9 nitrogen and oxygen atoms in total. The second-order valence-electron chi connectivity index (χ2n) is 7.70. The van der Waals surface area contributed by atoms with Crippen LogP contribution in [0.2, 0.25) is 5.02 Å². The Labute approximate surface area is 180 Å². The molecule has 4 aromatic rings. The van der Waals surface area contributed by atoms with E-state index in [1.54, 1.807) is 23.0 Å². The summed E-state index contributed by atoms with van der Waals surface area (Å²) < 4.78 is 17.2. The number of rotatable bonds is 4. The normalized spacial score (nSPS) is 16.0. The van der Waals surface area contributed by atoms with Gasteiger partial charge in [-0.05, 0) is 6.92 Å². The molecular weight excluding hydrogens is 425 g/mol. The summed E-state index contributed by atoms with van der Waals surface area (Å²) in [5, 5.41) is 19.8. The molecule has 1 fully saturated rings. The molecule has 1 aromatic carbocycles. The Bertz CT molecular complexity index is 1330. The number of benzene rings is 1. The molecule has 1 unspecified atom stereocenters. The van der Waals surface area contributed by atoms with Crippen molar-refractivity contribution in [1.82, 2.24) is 29.5 Å². The van der Waals surface area contributed by atoms with Gasteiger partial charge in [-0.15, -0.1) is 0 Å². The van der Waals surface area contributed by atoms with Crippen molar-refractivity contribution in [2.24, 2.45) is 0 Å². The van der Waals surface area contributed by atoms with Crippen LogP contribution in [-0.4, -0.2) is 59.7 Å². The number of nitrogens with zero attached hydrogens (tertiary/aromatic N) is 5. The average molecular weight is 444 g/mol. The first-order valence-electron chi connectivity index (χ1n) is 9.72. The number of hydrogen-bond donors (Lipinski definition) is 3. The lowest BCUT2D eigenvalue weighted by Crippen LogP contribution is -2.51. The molecule has 0 saturated carbocycles. The lowest BCUT2D eigenvalue weighted by atomic mass is 9.96. The number of H-pyrrole nitrogens is 1. The minimum absolute atomic E-state index is 0.0501. The molecule has 31 heavy (non-hydrogen) atoms. The van der Waals surface area contributed by atoms with Crippen LogP contribution in [0.4, 0.5) is 10.2 Å². The number of imidazole rings is 1. The molecule has 5 rings (SSSR count). The number of amides is 1. The number of aromatic amines is 1. The second kappa shape index (κ2) is 7.26. The zero-order valence-electron chi connectivity index (χ0n) is 16.7. The van der Waals surface area contributed by atoms with Crippen molar-refractivity contribution < 1.29 is 14.3 Å². The van der Waals surface area contributed by atoms with Crippen LogP contribution in [0.25, 0.3) is 27.8 Å². The molecule has 0 radical (unpaired) electrons. The van der Waals surface area contributed by atoms with Gasteiger partial charge in [0.2, 0.25) is 5.91 Å². The maximum Gasteiger partial charge on any atom is 0.222 e. The second-order valence-corrected chi connectivity index (χ2v) is 8.08. The van der Waals surface area contributed by atoms with E-state index in [4.69, 9.17) is 11.6 Å². The molecule has 1 amide bonds. The van der Waals surface area contributed by atoms with E-state index in [1.165, 1.54) is 13.1 Å². The zero-order valence-corrected chi connectivity index (χ0v) is 17.5. The van der Waals surface area contributed by atoms with Crippen molar-refractivity contribution in [3.63, 3.8) is 0 Å². The van der Waals surface area contributed by atoms with Crippen LogP contribution in [0.3, 0.4) is 0 Å². The molecule has 11 heteroatoms. The highest BCUT2D eigenvalue weighted by Gasteiger charge is 2.33. The van der Waals surface area contributed by atoms with Gasteiger partial charge in [-0.3, -0.25) is 19.8 Å². The Morgan fingerprint density at radius 3 is 2.87 bits per heavy atom. The summed E-state index contributed by atoms with van der Waals surface area (Å²) in [7, 11) is 0. The summed E-state index contributed by atoms with van der Waals surface area (Å²) in [5.74, 6) is -0.395.